The van der Waals surface area contributed by atoms with Gasteiger partial charge in [0, 0.05) is 12.7 Å². The van der Waals surface area contributed by atoms with Crippen LogP contribution in [-0.2, 0) is 0 Å². The molecule has 0 unspecified atom stereocenters. The lowest BCUT2D eigenvalue weighted by atomic mass is 10.0. The molecule has 102 valence electrons. The lowest BCUT2D eigenvalue weighted by molar-refractivity contribution is 0.232. The Hall–Kier alpha value is -2.11. The van der Waals surface area contributed by atoms with Crippen LogP contribution in [0, 0.1) is 5.92 Å². The van der Waals surface area contributed by atoms with Gasteiger partial charge >= 0.3 is 6.03 Å². The summed E-state index contributed by atoms with van der Waals surface area (Å²) in [6.45, 7) is 6.56. The Balaban J connectivity index is 2.31. The van der Waals surface area contributed by atoms with Crippen LogP contribution in [-0.4, -0.2) is 27.2 Å². The number of nitrogens with one attached hydrogen (secondary N) is 2. The lowest BCUT2D eigenvalue weighted by Gasteiger charge is -2.20. The average molecular weight is 261 g/mol. The second-order valence-electron chi connectivity index (χ2n) is 4.71. The van der Waals surface area contributed by atoms with E-state index in [1.807, 2.05) is 49.6 Å². The zero-order valence-corrected chi connectivity index (χ0v) is 11.4. The highest BCUT2D eigenvalue weighted by Crippen LogP contribution is 2.20. The van der Waals surface area contributed by atoms with Crippen molar-refractivity contribution in [3.63, 3.8) is 0 Å². The van der Waals surface area contributed by atoms with E-state index in [0.717, 1.165) is 11.5 Å². The maximum absolute atomic E-state index is 11.7. The van der Waals surface area contributed by atoms with E-state index in [1.165, 1.54) is 0 Å². The molecular formula is C13H19N5O. The second-order valence-corrected chi connectivity index (χ2v) is 4.71. The molecule has 0 spiro atoms. The van der Waals surface area contributed by atoms with E-state index in [2.05, 4.69) is 20.8 Å². The zero-order chi connectivity index (χ0) is 13.8. The molecule has 1 atom stereocenters. The molecule has 6 heteroatoms. The third-order valence-corrected chi connectivity index (χ3v) is 2.91. The molecule has 0 fully saturated rings. The van der Waals surface area contributed by atoms with Crippen LogP contribution in [0.25, 0.3) is 5.65 Å². The van der Waals surface area contributed by atoms with Crippen molar-refractivity contribution in [1.82, 2.24) is 25.2 Å². The number of hydrogen-bond acceptors (Lipinski definition) is 3. The Morgan fingerprint density at radius 2 is 2.16 bits per heavy atom. The highest BCUT2D eigenvalue weighted by atomic mass is 16.2. The summed E-state index contributed by atoms with van der Waals surface area (Å²) in [5, 5.41) is 14.0. The van der Waals surface area contributed by atoms with Crippen LogP contribution < -0.4 is 10.6 Å². The van der Waals surface area contributed by atoms with Crippen LogP contribution in [0.3, 0.4) is 0 Å². The van der Waals surface area contributed by atoms with Gasteiger partial charge in [-0.25, -0.2) is 4.79 Å². The van der Waals surface area contributed by atoms with Crippen LogP contribution in [0.5, 0.6) is 0 Å². The van der Waals surface area contributed by atoms with Gasteiger partial charge < -0.3 is 10.6 Å². The molecule has 2 N–H and O–H groups in total. The maximum atomic E-state index is 11.7. The van der Waals surface area contributed by atoms with Crippen molar-refractivity contribution < 1.29 is 4.79 Å². The van der Waals surface area contributed by atoms with Gasteiger partial charge in [0.15, 0.2) is 11.5 Å². The Bertz CT molecular complexity index is 563. The predicted molar refractivity (Wildman–Crippen MR) is 72.8 cm³/mol. The molecule has 0 saturated heterocycles. The summed E-state index contributed by atoms with van der Waals surface area (Å²) in [5.74, 6) is 0.965. The van der Waals surface area contributed by atoms with Gasteiger partial charge in [-0.1, -0.05) is 19.9 Å². The topological polar surface area (TPSA) is 71.3 Å². The third kappa shape index (κ3) is 2.83. The molecule has 0 radical (unpaired) electrons. The summed E-state index contributed by atoms with van der Waals surface area (Å²) in [6.07, 6.45) is 1.90. The van der Waals surface area contributed by atoms with Gasteiger partial charge in [-0.2, -0.15) is 0 Å². The molecule has 2 aromatic heterocycles. The van der Waals surface area contributed by atoms with Crippen LogP contribution in [0.4, 0.5) is 4.79 Å². The smallest absolute Gasteiger partial charge is 0.315 e. The van der Waals surface area contributed by atoms with Gasteiger partial charge in [-0.3, -0.25) is 4.40 Å². The monoisotopic (exact) mass is 261 g/mol. The minimum atomic E-state index is -0.186. The van der Waals surface area contributed by atoms with Crippen molar-refractivity contribution in [3.8, 4) is 0 Å². The molecule has 0 aliphatic carbocycles. The first-order valence-electron chi connectivity index (χ1n) is 6.47. The Labute approximate surface area is 112 Å². The number of carbonyl (C=O) groups is 1. The second kappa shape index (κ2) is 5.69. The minimum absolute atomic E-state index is 0.177. The fraction of sp³-hybridized carbons (Fsp3) is 0.462. The molecule has 6 nitrogen and oxygen atoms in total. The van der Waals surface area contributed by atoms with Crippen LogP contribution in [0.1, 0.15) is 32.6 Å². The summed E-state index contributed by atoms with van der Waals surface area (Å²) in [4.78, 5) is 11.7. The Kier molecular flexibility index (Phi) is 3.99. The molecule has 19 heavy (non-hydrogen) atoms. The number of carbonyl (C=O) groups excluding carboxylic acids is 1. The molecule has 0 bridgehead atoms. The first kappa shape index (κ1) is 13.3. The summed E-state index contributed by atoms with van der Waals surface area (Å²) in [6, 6.07) is 5.36. The average Bonchev–Trinajstić information content (AvgIpc) is 2.79. The van der Waals surface area contributed by atoms with Crippen molar-refractivity contribution in [2.45, 2.75) is 26.8 Å². The standard InChI is InChI=1S/C13H19N5O/c1-4-14-13(19)15-11(9(2)3)12-17-16-10-7-5-6-8-18(10)12/h5-9,11H,4H2,1-3H3,(H2,14,15,19)/t11-/m1/s1. The van der Waals surface area contributed by atoms with Crippen molar-refractivity contribution in [1.29, 1.82) is 0 Å². The third-order valence-electron chi connectivity index (χ3n) is 2.91. The lowest BCUT2D eigenvalue weighted by Crippen LogP contribution is -2.40. The largest absolute Gasteiger partial charge is 0.338 e. The SMILES string of the molecule is CCNC(=O)N[C@@H](c1nnc2ccccn12)C(C)C. The number of urea groups is 1. The molecule has 0 aliphatic heterocycles. The van der Waals surface area contributed by atoms with Crippen molar-refractivity contribution >= 4 is 11.7 Å². The molecule has 0 saturated carbocycles. The molecule has 2 aromatic rings. The Morgan fingerprint density at radius 1 is 1.37 bits per heavy atom. The van der Waals surface area contributed by atoms with Crippen molar-refractivity contribution in [3.05, 3.63) is 30.2 Å². The van der Waals surface area contributed by atoms with E-state index < -0.39 is 0 Å². The molecule has 2 rings (SSSR count). The van der Waals surface area contributed by atoms with E-state index in [0.29, 0.717) is 6.54 Å². The van der Waals surface area contributed by atoms with Gasteiger partial charge in [-0.05, 0) is 25.0 Å². The number of nitrogens with zero attached hydrogens (tertiary/aromatic N) is 3. The van der Waals surface area contributed by atoms with Gasteiger partial charge in [0.05, 0.1) is 6.04 Å². The molecule has 0 aliphatic rings. The van der Waals surface area contributed by atoms with Gasteiger partial charge in [0.1, 0.15) is 0 Å². The number of rotatable bonds is 4. The van der Waals surface area contributed by atoms with Crippen LogP contribution in [0.2, 0.25) is 0 Å². The number of pyridine rings is 1. The van der Waals surface area contributed by atoms with Gasteiger partial charge in [0.25, 0.3) is 0 Å². The van der Waals surface area contributed by atoms with Crippen LogP contribution >= 0.6 is 0 Å². The highest BCUT2D eigenvalue weighted by Gasteiger charge is 2.23. The Morgan fingerprint density at radius 3 is 2.84 bits per heavy atom. The summed E-state index contributed by atoms with van der Waals surface area (Å²) in [5.41, 5.74) is 0.779. The number of hydrogen-bond donors (Lipinski definition) is 2. The van der Waals surface area contributed by atoms with E-state index in [-0.39, 0.29) is 18.0 Å². The predicted octanol–water partition coefficient (Wildman–Crippen LogP) is 1.75. The summed E-state index contributed by atoms with van der Waals surface area (Å²) in [7, 11) is 0. The molecule has 2 amide bonds. The van der Waals surface area contributed by atoms with E-state index >= 15 is 0 Å². The highest BCUT2D eigenvalue weighted by molar-refractivity contribution is 5.74. The van der Waals surface area contributed by atoms with Crippen molar-refractivity contribution in [2.24, 2.45) is 5.92 Å². The molecule has 0 aromatic carbocycles. The normalized spacial score (nSPS) is 12.6. The van der Waals surface area contributed by atoms with Gasteiger partial charge in [-0.15, -0.1) is 10.2 Å². The number of aromatic nitrogens is 3. The summed E-state index contributed by atoms with van der Waals surface area (Å²) < 4.78 is 1.90. The maximum Gasteiger partial charge on any atom is 0.315 e. The first-order valence-corrected chi connectivity index (χ1v) is 6.47. The fourth-order valence-electron chi connectivity index (χ4n) is 1.95. The number of fused-ring (bicyclic) bond motifs is 1. The number of amides is 2. The first-order chi connectivity index (χ1) is 9.13. The van der Waals surface area contributed by atoms with E-state index in [4.69, 9.17) is 0 Å². The summed E-state index contributed by atoms with van der Waals surface area (Å²) >= 11 is 0. The van der Waals surface area contributed by atoms with E-state index in [9.17, 15) is 4.79 Å². The van der Waals surface area contributed by atoms with Gasteiger partial charge in [0.2, 0.25) is 0 Å². The van der Waals surface area contributed by atoms with E-state index in [1.54, 1.807) is 0 Å². The zero-order valence-electron chi connectivity index (χ0n) is 11.4. The van der Waals surface area contributed by atoms with Crippen LogP contribution in [0.15, 0.2) is 24.4 Å². The van der Waals surface area contributed by atoms with Crippen molar-refractivity contribution in [2.75, 3.05) is 6.54 Å². The molecule has 2 heterocycles. The minimum Gasteiger partial charge on any atom is -0.338 e. The quantitative estimate of drug-likeness (QED) is 0.880. The molecular weight excluding hydrogens is 242 g/mol. The fourth-order valence-corrected chi connectivity index (χ4v) is 1.95.